The lowest BCUT2D eigenvalue weighted by Crippen LogP contribution is -2.47. The number of ether oxygens (including phenoxy) is 1. The normalized spacial score (nSPS) is 11.8. The molecule has 0 radical (unpaired) electrons. The van der Waals surface area contributed by atoms with Crippen LogP contribution >= 0.6 is 11.3 Å². The smallest absolute Gasteiger partial charge is 0.287 e. The Morgan fingerprint density at radius 2 is 1.91 bits per heavy atom. The summed E-state index contributed by atoms with van der Waals surface area (Å²) in [4.78, 5) is 41.3. The number of hydrogen-bond acceptors (Lipinski definition) is 7. The average Bonchev–Trinajstić information content (AvgIpc) is 3.41. The number of ketones is 1. The predicted molar refractivity (Wildman–Crippen MR) is 124 cm³/mol. The molecule has 0 spiro atoms. The zero-order chi connectivity index (χ0) is 23.5. The van der Waals surface area contributed by atoms with Gasteiger partial charge in [-0.25, -0.2) is 9.67 Å². The summed E-state index contributed by atoms with van der Waals surface area (Å²) in [6, 6.07) is 15.1. The summed E-state index contributed by atoms with van der Waals surface area (Å²) in [6.45, 7) is 1.80. The molecule has 3 N–H and O–H groups in total. The Balaban J connectivity index is 1.58. The highest BCUT2D eigenvalue weighted by atomic mass is 32.1. The fraction of sp³-hybridized carbons (Fsp3) is 0.174. The quantitative estimate of drug-likeness (QED) is 0.386. The number of nitrogens with zero attached hydrogens (tertiary/aromatic N) is 3. The van der Waals surface area contributed by atoms with Gasteiger partial charge in [-0.3, -0.25) is 14.4 Å². The minimum Gasteiger partial charge on any atom is -0.497 e. The lowest BCUT2D eigenvalue weighted by Gasteiger charge is -2.15. The number of nitrogens with one attached hydrogen (secondary N) is 1. The van der Waals surface area contributed by atoms with Gasteiger partial charge in [0.05, 0.1) is 17.3 Å². The molecule has 2 aromatic heterocycles. The van der Waals surface area contributed by atoms with E-state index in [0.717, 1.165) is 21.5 Å². The zero-order valence-electron chi connectivity index (χ0n) is 17.9. The number of rotatable bonds is 8. The van der Waals surface area contributed by atoms with Crippen LogP contribution in [0.3, 0.4) is 0 Å². The summed E-state index contributed by atoms with van der Waals surface area (Å²) >= 11 is 1.41. The number of benzene rings is 2. The molecular formula is C23H21N5O4S. The Bertz CT molecular complexity index is 1350. The molecule has 0 saturated heterocycles. The molecule has 4 aromatic rings. The van der Waals surface area contributed by atoms with Gasteiger partial charge in [-0.15, -0.1) is 0 Å². The predicted octanol–water partition coefficient (Wildman–Crippen LogP) is 2.19. The van der Waals surface area contributed by atoms with Gasteiger partial charge in [0.1, 0.15) is 11.8 Å². The van der Waals surface area contributed by atoms with Gasteiger partial charge in [-0.05, 0) is 36.8 Å². The fourth-order valence-electron chi connectivity index (χ4n) is 3.35. The van der Waals surface area contributed by atoms with E-state index in [0.29, 0.717) is 10.8 Å². The second-order valence-electron chi connectivity index (χ2n) is 7.36. The molecule has 0 aliphatic rings. The number of aryl methyl sites for hydroxylation is 1. The van der Waals surface area contributed by atoms with Crippen molar-refractivity contribution in [1.29, 1.82) is 0 Å². The minimum absolute atomic E-state index is 0.0969. The molecule has 2 aromatic carbocycles. The Morgan fingerprint density at radius 3 is 2.61 bits per heavy atom. The molecule has 33 heavy (non-hydrogen) atoms. The van der Waals surface area contributed by atoms with Crippen molar-refractivity contribution in [3.8, 4) is 10.9 Å². The maximum Gasteiger partial charge on any atom is 0.287 e. The zero-order valence-corrected chi connectivity index (χ0v) is 18.8. The largest absolute Gasteiger partial charge is 0.497 e. The van der Waals surface area contributed by atoms with Crippen molar-refractivity contribution >= 4 is 39.2 Å². The molecule has 0 unspecified atom stereocenters. The van der Waals surface area contributed by atoms with Gasteiger partial charge < -0.3 is 15.8 Å². The topological polar surface area (TPSA) is 129 Å². The van der Waals surface area contributed by atoms with Gasteiger partial charge in [0, 0.05) is 12.1 Å². The molecule has 4 rings (SSSR count). The number of methoxy groups -OCH3 is 1. The third-order valence-electron chi connectivity index (χ3n) is 5.03. The Kier molecular flexibility index (Phi) is 6.18. The first-order valence-corrected chi connectivity index (χ1v) is 10.9. The number of hydrogen-bond donors (Lipinski definition) is 2. The second kappa shape index (κ2) is 9.21. The molecule has 2 heterocycles. The average molecular weight is 464 g/mol. The van der Waals surface area contributed by atoms with Crippen LogP contribution < -0.4 is 15.8 Å². The van der Waals surface area contributed by atoms with Crippen LogP contribution in [0.25, 0.3) is 15.3 Å². The van der Waals surface area contributed by atoms with E-state index in [4.69, 9.17) is 10.5 Å². The molecule has 9 nitrogen and oxygen atoms in total. The van der Waals surface area contributed by atoms with Gasteiger partial charge in [-0.2, -0.15) is 5.10 Å². The number of primary amides is 1. The van der Waals surface area contributed by atoms with Crippen LogP contribution in [0.1, 0.15) is 21.7 Å². The third kappa shape index (κ3) is 4.75. The van der Waals surface area contributed by atoms with Crippen molar-refractivity contribution in [3.05, 3.63) is 71.5 Å². The van der Waals surface area contributed by atoms with Crippen molar-refractivity contribution in [1.82, 2.24) is 20.1 Å². The van der Waals surface area contributed by atoms with Gasteiger partial charge in [0.2, 0.25) is 10.9 Å². The highest BCUT2D eigenvalue weighted by Crippen LogP contribution is 2.28. The number of carbonyl (C=O) groups is 3. The van der Waals surface area contributed by atoms with E-state index in [2.05, 4.69) is 15.4 Å². The number of Topliss-reactive ketones (excluding diaryl/α,β-unsaturated/α-hetero) is 1. The van der Waals surface area contributed by atoms with Crippen molar-refractivity contribution in [3.63, 3.8) is 0 Å². The van der Waals surface area contributed by atoms with E-state index < -0.39 is 23.6 Å². The summed E-state index contributed by atoms with van der Waals surface area (Å²) in [7, 11) is 1.60. The number of thiazole rings is 1. The van der Waals surface area contributed by atoms with Crippen LogP contribution in [0.4, 0.5) is 0 Å². The summed E-state index contributed by atoms with van der Waals surface area (Å²) < 4.78 is 7.74. The molecule has 0 aliphatic heterocycles. The first-order valence-electron chi connectivity index (χ1n) is 10.1. The monoisotopic (exact) mass is 463 g/mol. The number of nitrogens with two attached hydrogens (primary N) is 1. The van der Waals surface area contributed by atoms with E-state index in [9.17, 15) is 14.4 Å². The van der Waals surface area contributed by atoms with Gasteiger partial charge in [0.15, 0.2) is 5.69 Å². The van der Waals surface area contributed by atoms with E-state index >= 15 is 0 Å². The second-order valence-corrected chi connectivity index (χ2v) is 8.37. The van der Waals surface area contributed by atoms with Gasteiger partial charge in [0.25, 0.3) is 11.8 Å². The SMILES string of the molecule is COc1ccc2nc(-n3nc(C(=O)N[C@@H](Cc4ccccc4)C(=O)C(N)=O)cc3C)sc2c1. The Hall–Kier alpha value is -4.05. The van der Waals surface area contributed by atoms with Crippen molar-refractivity contribution in [2.75, 3.05) is 7.11 Å². The molecule has 0 aliphatic carbocycles. The molecule has 0 fully saturated rings. The summed E-state index contributed by atoms with van der Waals surface area (Å²) in [5.74, 6) is -1.85. The van der Waals surface area contributed by atoms with Crippen molar-refractivity contribution < 1.29 is 19.1 Å². The molecule has 168 valence electrons. The number of aromatic nitrogens is 3. The van der Waals surface area contributed by atoms with Crippen LogP contribution in [0.5, 0.6) is 5.75 Å². The van der Waals surface area contributed by atoms with E-state index in [1.165, 1.54) is 11.3 Å². The van der Waals surface area contributed by atoms with E-state index in [-0.39, 0.29) is 12.1 Å². The summed E-state index contributed by atoms with van der Waals surface area (Å²) in [5.41, 5.74) is 7.54. The highest BCUT2D eigenvalue weighted by molar-refractivity contribution is 7.20. The maximum atomic E-state index is 12.9. The van der Waals surface area contributed by atoms with Gasteiger partial charge in [-0.1, -0.05) is 41.7 Å². The van der Waals surface area contributed by atoms with Crippen LogP contribution in [0.2, 0.25) is 0 Å². The fourth-order valence-corrected chi connectivity index (χ4v) is 4.36. The Morgan fingerprint density at radius 1 is 1.15 bits per heavy atom. The first kappa shape index (κ1) is 22.2. The van der Waals surface area contributed by atoms with E-state index in [1.807, 2.05) is 36.4 Å². The van der Waals surface area contributed by atoms with E-state index in [1.54, 1.807) is 36.9 Å². The number of fused-ring (bicyclic) bond motifs is 1. The lowest BCUT2D eigenvalue weighted by molar-refractivity contribution is -0.137. The van der Waals surface area contributed by atoms with Crippen molar-refractivity contribution in [2.24, 2.45) is 5.73 Å². The van der Waals surface area contributed by atoms with Crippen LogP contribution in [-0.2, 0) is 16.0 Å². The van der Waals surface area contributed by atoms with Crippen LogP contribution in [0.15, 0.2) is 54.6 Å². The molecule has 10 heteroatoms. The highest BCUT2D eigenvalue weighted by Gasteiger charge is 2.27. The van der Waals surface area contributed by atoms with Gasteiger partial charge >= 0.3 is 0 Å². The molecule has 0 bridgehead atoms. The molecule has 0 saturated carbocycles. The Labute approximate surface area is 193 Å². The minimum atomic E-state index is -1.11. The maximum absolute atomic E-state index is 12.9. The molecule has 1 atom stereocenters. The molecular weight excluding hydrogens is 442 g/mol. The number of carbonyl (C=O) groups excluding carboxylic acids is 3. The summed E-state index contributed by atoms with van der Waals surface area (Å²) in [6.07, 6.45) is 0.133. The van der Waals surface area contributed by atoms with Crippen LogP contribution in [-0.4, -0.2) is 45.5 Å². The lowest BCUT2D eigenvalue weighted by atomic mass is 10.0. The third-order valence-corrected chi connectivity index (χ3v) is 6.03. The van der Waals surface area contributed by atoms with Crippen LogP contribution in [0, 0.1) is 6.92 Å². The summed E-state index contributed by atoms with van der Waals surface area (Å²) in [5, 5.41) is 7.56. The number of amides is 2. The molecule has 2 amide bonds. The first-order chi connectivity index (χ1) is 15.9. The van der Waals surface area contributed by atoms with Crippen molar-refractivity contribution in [2.45, 2.75) is 19.4 Å². The standard InChI is InChI=1S/C23H21N5O4S/c1-13-10-18(27-28(13)23-26-16-9-8-15(32-2)12-19(16)33-23)22(31)25-17(20(29)21(24)30)11-14-6-4-3-5-7-14/h3-10,12,17H,11H2,1-2H3,(H2,24,30)(H,25,31)/t17-/m0/s1.